The van der Waals surface area contributed by atoms with Crippen LogP contribution in [0.3, 0.4) is 0 Å². The molecule has 1 fully saturated rings. The zero-order valence-corrected chi connectivity index (χ0v) is 10.4. The van der Waals surface area contributed by atoms with Crippen molar-refractivity contribution < 1.29 is 0 Å². The van der Waals surface area contributed by atoms with Crippen molar-refractivity contribution in [3.63, 3.8) is 0 Å². The average Bonchev–Trinajstić information content (AvgIpc) is 2.81. The first-order chi connectivity index (χ1) is 7.83. The van der Waals surface area contributed by atoms with Crippen LogP contribution in [0.2, 0.25) is 0 Å². The van der Waals surface area contributed by atoms with Gasteiger partial charge in [-0.3, -0.25) is 0 Å². The maximum absolute atomic E-state index is 5.74. The van der Waals surface area contributed by atoms with Crippen LogP contribution in [0.1, 0.15) is 18.4 Å². The molecule has 0 radical (unpaired) electrons. The SMILES string of the molecule is Nc1cnc(N(Cc2ccsc2)C2CC2)s1. The number of nitrogens with two attached hydrogens (primary N) is 1. The van der Waals surface area contributed by atoms with Gasteiger partial charge in [-0.05, 0) is 35.2 Å². The van der Waals surface area contributed by atoms with Gasteiger partial charge in [-0.1, -0.05) is 11.3 Å². The number of rotatable bonds is 4. The number of nitrogen functional groups attached to an aromatic ring is 1. The van der Waals surface area contributed by atoms with E-state index >= 15 is 0 Å². The van der Waals surface area contributed by atoms with E-state index in [1.165, 1.54) is 18.4 Å². The molecule has 2 aromatic rings. The van der Waals surface area contributed by atoms with Crippen molar-refractivity contribution >= 4 is 32.8 Å². The lowest BCUT2D eigenvalue weighted by Crippen LogP contribution is -2.24. The summed E-state index contributed by atoms with van der Waals surface area (Å²) in [7, 11) is 0. The quantitative estimate of drug-likeness (QED) is 0.908. The molecule has 2 N–H and O–H groups in total. The number of nitrogens with zero attached hydrogens (tertiary/aromatic N) is 2. The summed E-state index contributed by atoms with van der Waals surface area (Å²) in [4.78, 5) is 6.76. The molecule has 0 bridgehead atoms. The minimum atomic E-state index is 0.672. The second-order valence-corrected chi connectivity index (χ2v) is 5.86. The van der Waals surface area contributed by atoms with Gasteiger partial charge >= 0.3 is 0 Å². The Bertz CT molecular complexity index is 459. The van der Waals surface area contributed by atoms with Crippen molar-refractivity contribution in [2.45, 2.75) is 25.4 Å². The van der Waals surface area contributed by atoms with Crippen LogP contribution in [-0.2, 0) is 6.54 Å². The number of hydrogen-bond donors (Lipinski definition) is 1. The first-order valence-corrected chi connectivity index (χ1v) is 7.08. The summed E-state index contributed by atoms with van der Waals surface area (Å²) >= 11 is 3.33. The minimum absolute atomic E-state index is 0.672. The lowest BCUT2D eigenvalue weighted by atomic mass is 10.3. The van der Waals surface area contributed by atoms with Gasteiger partial charge in [-0.15, -0.1) is 0 Å². The number of thiophene rings is 1. The van der Waals surface area contributed by atoms with Gasteiger partial charge in [-0.25, -0.2) is 4.98 Å². The van der Waals surface area contributed by atoms with Gasteiger partial charge < -0.3 is 10.6 Å². The second kappa shape index (κ2) is 4.07. The molecule has 2 aromatic heterocycles. The lowest BCUT2D eigenvalue weighted by Gasteiger charge is -2.20. The topological polar surface area (TPSA) is 42.1 Å². The summed E-state index contributed by atoms with van der Waals surface area (Å²) in [5.41, 5.74) is 7.11. The predicted octanol–water partition coefficient (Wildman–Crippen LogP) is 2.96. The molecule has 0 spiro atoms. The number of anilines is 2. The third-order valence-corrected chi connectivity index (χ3v) is 4.27. The lowest BCUT2D eigenvalue weighted by molar-refractivity contribution is 0.792. The smallest absolute Gasteiger partial charge is 0.187 e. The molecule has 0 aliphatic heterocycles. The van der Waals surface area contributed by atoms with E-state index in [-0.39, 0.29) is 0 Å². The van der Waals surface area contributed by atoms with Crippen LogP contribution in [0.4, 0.5) is 10.1 Å². The average molecular weight is 251 g/mol. The van der Waals surface area contributed by atoms with Crippen molar-refractivity contribution in [3.05, 3.63) is 28.6 Å². The highest BCUT2D eigenvalue weighted by atomic mass is 32.1. The van der Waals surface area contributed by atoms with Crippen molar-refractivity contribution in [2.75, 3.05) is 10.6 Å². The Morgan fingerprint density at radius 1 is 1.50 bits per heavy atom. The molecule has 0 aromatic carbocycles. The van der Waals surface area contributed by atoms with Gasteiger partial charge in [0.05, 0.1) is 6.20 Å². The molecule has 16 heavy (non-hydrogen) atoms. The maximum Gasteiger partial charge on any atom is 0.187 e. The molecule has 2 heterocycles. The summed E-state index contributed by atoms with van der Waals surface area (Å²) in [6.07, 6.45) is 4.32. The van der Waals surface area contributed by atoms with E-state index in [0.717, 1.165) is 16.7 Å². The Labute approximate surface area is 103 Å². The third kappa shape index (κ3) is 2.05. The monoisotopic (exact) mass is 251 g/mol. The van der Waals surface area contributed by atoms with E-state index in [0.29, 0.717) is 6.04 Å². The van der Waals surface area contributed by atoms with Gasteiger partial charge in [0.1, 0.15) is 5.00 Å². The fourth-order valence-electron chi connectivity index (χ4n) is 1.73. The van der Waals surface area contributed by atoms with E-state index in [1.807, 2.05) is 0 Å². The van der Waals surface area contributed by atoms with Gasteiger partial charge in [0.15, 0.2) is 5.13 Å². The standard InChI is InChI=1S/C11H13N3S2/c12-10-5-13-11(16-10)14(9-1-2-9)6-8-3-4-15-7-8/h3-5,7,9H,1-2,6,12H2. The van der Waals surface area contributed by atoms with Crippen molar-refractivity contribution in [1.29, 1.82) is 0 Å². The van der Waals surface area contributed by atoms with E-state index < -0.39 is 0 Å². The van der Waals surface area contributed by atoms with Crippen molar-refractivity contribution in [3.8, 4) is 0 Å². The van der Waals surface area contributed by atoms with Gasteiger partial charge in [-0.2, -0.15) is 11.3 Å². The Morgan fingerprint density at radius 3 is 2.94 bits per heavy atom. The highest BCUT2D eigenvalue weighted by Gasteiger charge is 2.30. The normalized spacial score (nSPS) is 15.2. The molecule has 1 aliphatic rings. The van der Waals surface area contributed by atoms with Crippen LogP contribution in [0.15, 0.2) is 23.0 Å². The number of thiazole rings is 1. The largest absolute Gasteiger partial charge is 0.389 e. The first kappa shape index (κ1) is 10.1. The van der Waals surface area contributed by atoms with Crippen LogP contribution < -0.4 is 10.6 Å². The second-order valence-electron chi connectivity index (χ2n) is 4.04. The molecule has 1 aliphatic carbocycles. The summed E-state index contributed by atoms with van der Waals surface area (Å²) in [6.45, 7) is 0.959. The fourth-order valence-corrected chi connectivity index (χ4v) is 3.14. The zero-order chi connectivity index (χ0) is 11.0. The number of aromatic nitrogens is 1. The molecule has 0 atom stereocenters. The molecular formula is C11H13N3S2. The van der Waals surface area contributed by atoms with Gasteiger partial charge in [0.2, 0.25) is 0 Å². The highest BCUT2D eigenvalue weighted by molar-refractivity contribution is 7.19. The van der Waals surface area contributed by atoms with Crippen LogP contribution in [-0.4, -0.2) is 11.0 Å². The minimum Gasteiger partial charge on any atom is -0.389 e. The molecule has 0 saturated heterocycles. The molecule has 0 unspecified atom stereocenters. The van der Waals surface area contributed by atoms with E-state index in [4.69, 9.17) is 5.73 Å². The van der Waals surface area contributed by atoms with Gasteiger partial charge in [0.25, 0.3) is 0 Å². The van der Waals surface area contributed by atoms with Gasteiger partial charge in [0, 0.05) is 12.6 Å². The first-order valence-electron chi connectivity index (χ1n) is 5.32. The number of hydrogen-bond acceptors (Lipinski definition) is 5. The van der Waals surface area contributed by atoms with E-state index in [1.54, 1.807) is 28.9 Å². The molecule has 0 amide bonds. The van der Waals surface area contributed by atoms with Crippen LogP contribution in [0.25, 0.3) is 0 Å². The van der Waals surface area contributed by atoms with Crippen molar-refractivity contribution in [1.82, 2.24) is 4.98 Å². The third-order valence-electron chi connectivity index (χ3n) is 2.68. The Morgan fingerprint density at radius 2 is 2.38 bits per heavy atom. The maximum atomic E-state index is 5.74. The van der Waals surface area contributed by atoms with Crippen LogP contribution in [0.5, 0.6) is 0 Å². The Hall–Kier alpha value is -1.07. The summed E-state index contributed by atoms with van der Waals surface area (Å²) in [6, 6.07) is 2.85. The molecule has 3 nitrogen and oxygen atoms in total. The van der Waals surface area contributed by atoms with Crippen LogP contribution in [0, 0.1) is 0 Å². The van der Waals surface area contributed by atoms with E-state index in [9.17, 15) is 0 Å². The molecule has 1 saturated carbocycles. The summed E-state index contributed by atoms with van der Waals surface area (Å²) < 4.78 is 0. The fraction of sp³-hybridized carbons (Fsp3) is 0.364. The van der Waals surface area contributed by atoms with Crippen molar-refractivity contribution in [2.24, 2.45) is 0 Å². The zero-order valence-electron chi connectivity index (χ0n) is 8.80. The van der Waals surface area contributed by atoms with Crippen LogP contribution >= 0.6 is 22.7 Å². The Kier molecular flexibility index (Phi) is 2.57. The molecule has 3 rings (SSSR count). The van der Waals surface area contributed by atoms with E-state index in [2.05, 4.69) is 26.7 Å². The predicted molar refractivity (Wildman–Crippen MR) is 70.1 cm³/mol. The summed E-state index contributed by atoms with van der Waals surface area (Å²) in [5, 5.41) is 6.18. The molecule has 84 valence electrons. The summed E-state index contributed by atoms with van der Waals surface area (Å²) in [5.74, 6) is 0. The molecular weight excluding hydrogens is 238 g/mol. The highest BCUT2D eigenvalue weighted by Crippen LogP contribution is 2.36. The molecule has 5 heteroatoms. The Balaban J connectivity index is 1.81.